The molecule has 2 aromatic carbocycles. The number of aromatic amines is 1. The highest BCUT2D eigenvalue weighted by atomic mass is 16.5. The van der Waals surface area contributed by atoms with E-state index in [0.29, 0.717) is 30.1 Å². The highest BCUT2D eigenvalue weighted by Gasteiger charge is 2.42. The highest BCUT2D eigenvalue weighted by molar-refractivity contribution is 6.00. The number of carbonyl (C=O) groups excluding carboxylic acids is 1. The molecule has 2 aromatic heterocycles. The summed E-state index contributed by atoms with van der Waals surface area (Å²) in [6, 6.07) is 16.6. The van der Waals surface area contributed by atoms with Crippen LogP contribution in [0.5, 0.6) is 11.5 Å². The van der Waals surface area contributed by atoms with Crippen molar-refractivity contribution >= 4 is 5.91 Å². The molecule has 3 heterocycles. The number of rotatable bonds is 6. The summed E-state index contributed by atoms with van der Waals surface area (Å²) in [5, 5.41) is 18.0. The van der Waals surface area contributed by atoms with Crippen molar-refractivity contribution < 1.29 is 14.6 Å². The minimum absolute atomic E-state index is 0.120. The molecule has 0 saturated heterocycles. The average molecular weight is 441 g/mol. The molecule has 1 aliphatic heterocycles. The number of pyridine rings is 1. The van der Waals surface area contributed by atoms with Gasteiger partial charge in [-0.15, -0.1) is 0 Å². The molecule has 0 fully saturated rings. The van der Waals surface area contributed by atoms with E-state index in [1.807, 2.05) is 62.4 Å². The molecular weight excluding hydrogens is 416 g/mol. The lowest BCUT2D eigenvalue weighted by Crippen LogP contribution is -2.29. The molecule has 0 bridgehead atoms. The van der Waals surface area contributed by atoms with Crippen molar-refractivity contribution in [1.82, 2.24) is 20.1 Å². The minimum Gasteiger partial charge on any atom is -0.507 e. The van der Waals surface area contributed by atoms with Crippen LogP contribution >= 0.6 is 0 Å². The van der Waals surface area contributed by atoms with Crippen molar-refractivity contribution in [2.45, 2.75) is 26.4 Å². The van der Waals surface area contributed by atoms with Crippen molar-refractivity contribution in [3.63, 3.8) is 0 Å². The normalized spacial score (nSPS) is 15.0. The topological polar surface area (TPSA) is 91.3 Å². The second-order valence-electron chi connectivity index (χ2n) is 8.08. The fraction of sp³-hybridized carbons (Fsp3) is 0.192. The minimum atomic E-state index is -0.401. The number of H-pyrrole nitrogens is 1. The summed E-state index contributed by atoms with van der Waals surface area (Å²) >= 11 is 0. The maximum absolute atomic E-state index is 13.5. The summed E-state index contributed by atoms with van der Waals surface area (Å²) in [4.78, 5) is 19.5. The van der Waals surface area contributed by atoms with Crippen LogP contribution < -0.4 is 4.74 Å². The van der Waals surface area contributed by atoms with Gasteiger partial charge in [0.2, 0.25) is 0 Å². The molecule has 2 N–H and O–H groups in total. The number of phenols is 1. The van der Waals surface area contributed by atoms with Gasteiger partial charge in [-0.3, -0.25) is 14.9 Å². The van der Waals surface area contributed by atoms with Gasteiger partial charge in [0.05, 0.1) is 12.6 Å². The maximum Gasteiger partial charge on any atom is 0.273 e. The fourth-order valence-electron chi connectivity index (χ4n) is 4.38. The summed E-state index contributed by atoms with van der Waals surface area (Å²) in [5.74, 6) is 0.710. The Morgan fingerprint density at radius 3 is 2.82 bits per heavy atom. The molecule has 5 rings (SSSR count). The van der Waals surface area contributed by atoms with E-state index in [1.54, 1.807) is 23.4 Å². The first-order chi connectivity index (χ1) is 16.1. The third kappa shape index (κ3) is 3.71. The number of fused-ring (bicyclic) bond motifs is 1. The van der Waals surface area contributed by atoms with E-state index in [4.69, 9.17) is 4.74 Å². The van der Waals surface area contributed by atoms with Crippen LogP contribution in [0.15, 0.2) is 67.0 Å². The number of nitrogens with zero attached hydrogens (tertiary/aromatic N) is 3. The number of carbonyl (C=O) groups is 1. The molecule has 1 amide bonds. The molecule has 0 aliphatic carbocycles. The van der Waals surface area contributed by atoms with Gasteiger partial charge in [0.1, 0.15) is 22.9 Å². The number of hydrogen-bond acceptors (Lipinski definition) is 5. The van der Waals surface area contributed by atoms with E-state index in [-0.39, 0.29) is 11.7 Å². The second kappa shape index (κ2) is 8.43. The van der Waals surface area contributed by atoms with Gasteiger partial charge in [-0.25, -0.2) is 0 Å². The highest BCUT2D eigenvalue weighted by Crippen LogP contribution is 2.45. The molecule has 166 valence electrons. The van der Waals surface area contributed by atoms with E-state index >= 15 is 0 Å². The Balaban J connectivity index is 1.67. The van der Waals surface area contributed by atoms with Crippen molar-refractivity contribution in [1.29, 1.82) is 0 Å². The van der Waals surface area contributed by atoms with Crippen LogP contribution in [-0.4, -0.2) is 37.7 Å². The smallest absolute Gasteiger partial charge is 0.273 e. The quantitative estimate of drug-likeness (QED) is 0.456. The van der Waals surface area contributed by atoms with Gasteiger partial charge in [0.25, 0.3) is 5.91 Å². The first-order valence-corrected chi connectivity index (χ1v) is 10.9. The van der Waals surface area contributed by atoms with Crippen LogP contribution in [0.25, 0.3) is 11.3 Å². The summed E-state index contributed by atoms with van der Waals surface area (Å²) in [7, 11) is 0. The number of benzene rings is 2. The third-order valence-electron chi connectivity index (χ3n) is 5.83. The Morgan fingerprint density at radius 2 is 2.03 bits per heavy atom. The molecule has 0 spiro atoms. The Bertz CT molecular complexity index is 1320. The van der Waals surface area contributed by atoms with Gasteiger partial charge in [-0.1, -0.05) is 29.8 Å². The zero-order valence-electron chi connectivity index (χ0n) is 18.4. The standard InChI is InChI=1S/C26H24N4O3/c1-3-33-19-8-4-7-18(13-19)25-22-23(20-12-16(2)9-10-21(20)31)28-29-24(22)26(32)30(25)15-17-6-5-11-27-14-17/h4-14,25,31H,3,15H2,1-2H3,(H,28,29)/t25-/m1/s1. The fourth-order valence-corrected chi connectivity index (χ4v) is 4.38. The van der Waals surface area contributed by atoms with Crippen molar-refractivity contribution in [3.8, 4) is 22.8 Å². The number of hydrogen-bond donors (Lipinski definition) is 2. The lowest BCUT2D eigenvalue weighted by Gasteiger charge is -2.27. The zero-order chi connectivity index (χ0) is 22.9. The molecule has 0 saturated carbocycles. The van der Waals surface area contributed by atoms with E-state index in [1.165, 1.54) is 0 Å². The number of amides is 1. The number of aryl methyl sites for hydroxylation is 1. The van der Waals surface area contributed by atoms with Crippen LogP contribution in [0.4, 0.5) is 0 Å². The summed E-state index contributed by atoms with van der Waals surface area (Å²) < 4.78 is 5.73. The van der Waals surface area contributed by atoms with Crippen molar-refractivity contribution in [3.05, 3.63) is 94.9 Å². The largest absolute Gasteiger partial charge is 0.507 e. The maximum atomic E-state index is 13.5. The number of aromatic nitrogens is 3. The van der Waals surface area contributed by atoms with E-state index < -0.39 is 6.04 Å². The van der Waals surface area contributed by atoms with Gasteiger partial charge in [0, 0.05) is 30.1 Å². The lowest BCUT2D eigenvalue weighted by atomic mass is 9.95. The Labute approximate surface area is 191 Å². The molecule has 0 unspecified atom stereocenters. The molecule has 7 heteroatoms. The average Bonchev–Trinajstić information content (AvgIpc) is 3.36. The van der Waals surface area contributed by atoms with Crippen molar-refractivity contribution in [2.24, 2.45) is 0 Å². The lowest BCUT2D eigenvalue weighted by molar-refractivity contribution is 0.0729. The van der Waals surface area contributed by atoms with Crippen LogP contribution in [0, 0.1) is 6.92 Å². The third-order valence-corrected chi connectivity index (χ3v) is 5.83. The molecule has 1 atom stereocenters. The van der Waals surface area contributed by atoms with Gasteiger partial charge in [0.15, 0.2) is 0 Å². The van der Waals surface area contributed by atoms with Gasteiger partial charge in [-0.2, -0.15) is 5.10 Å². The monoisotopic (exact) mass is 440 g/mol. The molecule has 33 heavy (non-hydrogen) atoms. The van der Waals surface area contributed by atoms with Crippen LogP contribution in [0.2, 0.25) is 0 Å². The van der Waals surface area contributed by atoms with Crippen LogP contribution in [0.3, 0.4) is 0 Å². The molecule has 7 nitrogen and oxygen atoms in total. The van der Waals surface area contributed by atoms with Crippen molar-refractivity contribution in [2.75, 3.05) is 6.61 Å². The van der Waals surface area contributed by atoms with E-state index in [9.17, 15) is 9.90 Å². The molecule has 0 radical (unpaired) electrons. The molecule has 4 aromatic rings. The van der Waals surface area contributed by atoms with Gasteiger partial charge < -0.3 is 14.7 Å². The first-order valence-electron chi connectivity index (χ1n) is 10.9. The predicted molar refractivity (Wildman–Crippen MR) is 124 cm³/mol. The number of phenolic OH excluding ortho intramolecular Hbond substituents is 1. The Hall–Kier alpha value is -4.13. The second-order valence-corrected chi connectivity index (χ2v) is 8.08. The first kappa shape index (κ1) is 20.8. The van der Waals surface area contributed by atoms with Gasteiger partial charge in [-0.05, 0) is 55.3 Å². The number of ether oxygens (including phenoxy) is 1. The van der Waals surface area contributed by atoms with E-state index in [2.05, 4.69) is 15.2 Å². The van der Waals surface area contributed by atoms with Crippen LogP contribution in [-0.2, 0) is 6.54 Å². The summed E-state index contributed by atoms with van der Waals surface area (Å²) in [5.41, 5.74) is 5.17. The summed E-state index contributed by atoms with van der Waals surface area (Å²) in [6.07, 6.45) is 3.47. The zero-order valence-corrected chi connectivity index (χ0v) is 18.4. The van der Waals surface area contributed by atoms with E-state index in [0.717, 1.165) is 28.0 Å². The number of aromatic hydroxyl groups is 1. The molecular formula is C26H24N4O3. The number of nitrogens with one attached hydrogen (secondary N) is 1. The Kier molecular flexibility index (Phi) is 5.30. The Morgan fingerprint density at radius 1 is 1.15 bits per heavy atom. The van der Waals surface area contributed by atoms with Crippen LogP contribution in [0.1, 0.15) is 45.7 Å². The molecule has 1 aliphatic rings. The summed E-state index contributed by atoms with van der Waals surface area (Å²) in [6.45, 7) is 4.83. The van der Waals surface area contributed by atoms with Gasteiger partial charge >= 0.3 is 0 Å². The SMILES string of the molecule is CCOc1cccc([C@@H]2c3c(-c4cc(C)ccc4O)n[nH]c3C(=O)N2Cc2cccnc2)c1. The predicted octanol–water partition coefficient (Wildman–Crippen LogP) is 4.63.